The van der Waals surface area contributed by atoms with E-state index in [2.05, 4.69) is 135 Å². The van der Waals surface area contributed by atoms with E-state index in [1.54, 1.807) is 0 Å². The zero-order chi connectivity index (χ0) is 35.3. The fourth-order valence-corrected chi connectivity index (χ4v) is 9.56. The Bertz CT molecular complexity index is 3100. The lowest BCUT2D eigenvalue weighted by Crippen LogP contribution is -2.16. The van der Waals surface area contributed by atoms with Crippen molar-refractivity contribution < 1.29 is 4.42 Å². The summed E-state index contributed by atoms with van der Waals surface area (Å²) < 4.78 is 9.05. The van der Waals surface area contributed by atoms with E-state index < -0.39 is 0 Å². The molecule has 0 radical (unpaired) electrons. The third kappa shape index (κ3) is 4.57. The summed E-state index contributed by atoms with van der Waals surface area (Å²) >= 11 is 1.81. The highest BCUT2D eigenvalue weighted by atomic mass is 32.1. The van der Waals surface area contributed by atoms with Crippen molar-refractivity contribution in [1.82, 2.24) is 15.0 Å². The first-order valence-electron chi connectivity index (χ1n) is 17.9. The maximum atomic E-state index is 6.53. The molecule has 53 heavy (non-hydrogen) atoms. The maximum absolute atomic E-state index is 6.53. The second-order valence-corrected chi connectivity index (χ2v) is 15.5. The van der Waals surface area contributed by atoms with Crippen molar-refractivity contribution >= 4 is 53.4 Å². The molecule has 0 saturated carbocycles. The minimum absolute atomic E-state index is 0.130. The van der Waals surface area contributed by atoms with Gasteiger partial charge in [0.25, 0.3) is 0 Å². The average molecular weight is 698 g/mol. The Hall–Kier alpha value is -6.43. The van der Waals surface area contributed by atoms with E-state index in [9.17, 15) is 0 Å². The van der Waals surface area contributed by atoms with Crippen LogP contribution in [0.2, 0.25) is 0 Å². The van der Waals surface area contributed by atoms with Crippen molar-refractivity contribution in [3.63, 3.8) is 0 Å². The Labute approximate surface area is 310 Å². The summed E-state index contributed by atoms with van der Waals surface area (Å²) in [6.45, 7) is 4.68. The highest BCUT2D eigenvalue weighted by Gasteiger charge is 2.37. The standard InChI is InChI=1S/C48H31N3OS/c1-48(2)38-19-8-6-14-32(38)34-17-10-16-31(44(34)48)29-22-24-39-37(26-29)43-35(18-11-20-40(43)52-39)47-50-45(28-12-4-3-5-13-28)49-46(51-47)30-23-25-42-36(27-30)33-15-7-9-21-41(33)53-42/h3-27H,1-2H3. The molecule has 5 heteroatoms. The van der Waals surface area contributed by atoms with Gasteiger partial charge in [0.05, 0.1) is 0 Å². The van der Waals surface area contributed by atoms with Crippen LogP contribution in [0.25, 0.3) is 98.5 Å². The third-order valence-electron chi connectivity index (χ3n) is 10.9. The molecular weight excluding hydrogens is 667 g/mol. The molecule has 3 heterocycles. The highest BCUT2D eigenvalue weighted by Crippen LogP contribution is 2.52. The Kier molecular flexibility index (Phi) is 6.43. The second-order valence-electron chi connectivity index (χ2n) is 14.4. The van der Waals surface area contributed by atoms with Gasteiger partial charge < -0.3 is 4.42 Å². The van der Waals surface area contributed by atoms with Crippen molar-refractivity contribution in [3.05, 3.63) is 163 Å². The molecule has 0 amide bonds. The van der Waals surface area contributed by atoms with Crippen LogP contribution in [0.1, 0.15) is 25.0 Å². The lowest BCUT2D eigenvalue weighted by atomic mass is 9.79. The lowest BCUT2D eigenvalue weighted by molar-refractivity contribution is 0.662. The summed E-state index contributed by atoms with van der Waals surface area (Å²) in [5.41, 5.74) is 12.0. The fraction of sp³-hybridized carbons (Fsp3) is 0.0625. The predicted octanol–water partition coefficient (Wildman–Crippen LogP) is 13.1. The van der Waals surface area contributed by atoms with Gasteiger partial charge in [0.2, 0.25) is 0 Å². The van der Waals surface area contributed by atoms with Crippen LogP contribution in [0.4, 0.5) is 0 Å². The Morgan fingerprint density at radius 2 is 1.11 bits per heavy atom. The molecule has 4 nitrogen and oxygen atoms in total. The SMILES string of the molecule is CC1(C)c2ccccc2-c2cccc(-c3ccc4oc5cccc(-c6nc(-c7ccccc7)nc(-c7ccc8sc9ccccc9c8c7)n6)c5c4c3)c21. The van der Waals surface area contributed by atoms with Gasteiger partial charge in [0.1, 0.15) is 11.2 Å². The van der Waals surface area contributed by atoms with Crippen LogP contribution in [0, 0.1) is 0 Å². The van der Waals surface area contributed by atoms with Gasteiger partial charge in [0.15, 0.2) is 17.5 Å². The minimum atomic E-state index is -0.130. The van der Waals surface area contributed by atoms with E-state index >= 15 is 0 Å². The van der Waals surface area contributed by atoms with E-state index in [1.807, 2.05) is 41.7 Å². The van der Waals surface area contributed by atoms with Gasteiger partial charge in [-0.2, -0.15) is 0 Å². The molecule has 0 unspecified atom stereocenters. The molecule has 0 atom stereocenters. The number of nitrogens with zero attached hydrogens (tertiary/aromatic N) is 3. The summed E-state index contributed by atoms with van der Waals surface area (Å²) in [7, 11) is 0. The van der Waals surface area contributed by atoms with E-state index in [0.717, 1.165) is 44.2 Å². The topological polar surface area (TPSA) is 51.8 Å². The van der Waals surface area contributed by atoms with Crippen LogP contribution in [-0.2, 0) is 5.41 Å². The Morgan fingerprint density at radius 3 is 2.02 bits per heavy atom. The molecule has 250 valence electrons. The molecule has 11 rings (SSSR count). The molecule has 7 aromatic carbocycles. The smallest absolute Gasteiger partial charge is 0.164 e. The summed E-state index contributed by atoms with van der Waals surface area (Å²) in [5.74, 6) is 1.88. The van der Waals surface area contributed by atoms with Crippen LogP contribution in [0.5, 0.6) is 0 Å². The number of hydrogen-bond acceptors (Lipinski definition) is 5. The van der Waals surface area contributed by atoms with E-state index in [0.29, 0.717) is 17.5 Å². The first-order chi connectivity index (χ1) is 26.0. The van der Waals surface area contributed by atoms with Crippen molar-refractivity contribution in [2.75, 3.05) is 0 Å². The molecule has 0 N–H and O–H groups in total. The van der Waals surface area contributed by atoms with Crippen LogP contribution in [0.3, 0.4) is 0 Å². The highest BCUT2D eigenvalue weighted by molar-refractivity contribution is 7.25. The van der Waals surface area contributed by atoms with Gasteiger partial charge in [-0.15, -0.1) is 11.3 Å². The predicted molar refractivity (Wildman–Crippen MR) is 219 cm³/mol. The summed E-state index contributed by atoms with van der Waals surface area (Å²) in [5, 5.41) is 4.48. The third-order valence-corrected chi connectivity index (χ3v) is 12.1. The van der Waals surface area contributed by atoms with Crippen LogP contribution >= 0.6 is 11.3 Å². The van der Waals surface area contributed by atoms with E-state index in [4.69, 9.17) is 19.4 Å². The molecule has 1 aliphatic carbocycles. The first-order valence-corrected chi connectivity index (χ1v) is 18.8. The van der Waals surface area contributed by atoms with Crippen LogP contribution in [0.15, 0.2) is 156 Å². The molecule has 0 bridgehead atoms. The second kappa shape index (κ2) is 11.3. The van der Waals surface area contributed by atoms with Gasteiger partial charge in [-0.1, -0.05) is 123 Å². The molecule has 0 fully saturated rings. The van der Waals surface area contributed by atoms with Crippen molar-refractivity contribution in [3.8, 4) is 56.4 Å². The minimum Gasteiger partial charge on any atom is -0.456 e. The molecule has 0 spiro atoms. The molecule has 10 aromatic rings. The van der Waals surface area contributed by atoms with Gasteiger partial charge in [-0.3, -0.25) is 0 Å². The zero-order valence-corrected chi connectivity index (χ0v) is 29.9. The largest absolute Gasteiger partial charge is 0.456 e. The van der Waals surface area contributed by atoms with Crippen molar-refractivity contribution in [2.45, 2.75) is 19.3 Å². The van der Waals surface area contributed by atoms with Crippen molar-refractivity contribution in [2.24, 2.45) is 0 Å². The summed E-state index contributed by atoms with van der Waals surface area (Å²) in [6.07, 6.45) is 0. The van der Waals surface area contributed by atoms with E-state index in [1.165, 1.54) is 48.0 Å². The molecule has 0 saturated heterocycles. The number of benzene rings is 7. The maximum Gasteiger partial charge on any atom is 0.164 e. The number of furan rings is 1. The molecule has 0 aliphatic heterocycles. The quantitative estimate of drug-likeness (QED) is 0.184. The summed E-state index contributed by atoms with van der Waals surface area (Å²) in [6, 6.07) is 53.5. The van der Waals surface area contributed by atoms with E-state index in [-0.39, 0.29) is 5.41 Å². The number of thiophene rings is 1. The van der Waals surface area contributed by atoms with Gasteiger partial charge in [-0.25, -0.2) is 15.0 Å². The Morgan fingerprint density at radius 1 is 0.453 bits per heavy atom. The normalized spacial score (nSPS) is 13.2. The van der Waals surface area contributed by atoms with Gasteiger partial charge in [-0.05, 0) is 75.8 Å². The fourth-order valence-electron chi connectivity index (χ4n) is 8.48. The monoisotopic (exact) mass is 697 g/mol. The first kappa shape index (κ1) is 30.2. The zero-order valence-electron chi connectivity index (χ0n) is 29.1. The number of rotatable bonds is 4. The Balaban J connectivity index is 1.12. The summed E-state index contributed by atoms with van der Waals surface area (Å²) in [4.78, 5) is 15.4. The van der Waals surface area contributed by atoms with Crippen LogP contribution < -0.4 is 0 Å². The van der Waals surface area contributed by atoms with Crippen LogP contribution in [-0.4, -0.2) is 15.0 Å². The molecule has 3 aromatic heterocycles. The molecular formula is C48H31N3OS. The van der Waals surface area contributed by atoms with Gasteiger partial charge >= 0.3 is 0 Å². The van der Waals surface area contributed by atoms with Crippen molar-refractivity contribution in [1.29, 1.82) is 0 Å². The number of fused-ring (bicyclic) bond motifs is 9. The number of aromatic nitrogens is 3. The average Bonchev–Trinajstić information content (AvgIpc) is 3.85. The molecule has 1 aliphatic rings. The lowest BCUT2D eigenvalue weighted by Gasteiger charge is -2.24. The van der Waals surface area contributed by atoms with Gasteiger partial charge in [0, 0.05) is 53.1 Å². The number of hydrogen-bond donors (Lipinski definition) is 0.